The number of hydrogen-bond donors (Lipinski definition) is 2. The predicted molar refractivity (Wildman–Crippen MR) is 79.2 cm³/mol. The van der Waals surface area contributed by atoms with Crippen LogP contribution in [0.1, 0.15) is 40.5 Å². The summed E-state index contributed by atoms with van der Waals surface area (Å²) in [5, 5.41) is 3.47. The molecule has 0 saturated heterocycles. The van der Waals surface area contributed by atoms with E-state index in [0.29, 0.717) is 24.3 Å². The molecule has 18 heavy (non-hydrogen) atoms. The summed E-state index contributed by atoms with van der Waals surface area (Å²) in [6.07, 6.45) is 2.14. The Bertz CT molecular complexity index is 366. The van der Waals surface area contributed by atoms with Crippen LogP contribution in [-0.4, -0.2) is 12.6 Å². The Hall–Kier alpha value is -1.38. The van der Waals surface area contributed by atoms with Crippen LogP contribution < -0.4 is 15.8 Å². The Kier molecular flexibility index (Phi) is 5.83. The number of hydrogen-bond acceptors (Lipinski definition) is 3. The summed E-state index contributed by atoms with van der Waals surface area (Å²) >= 11 is 0. The zero-order valence-corrected chi connectivity index (χ0v) is 12.0. The molecule has 3 N–H and O–H groups in total. The fourth-order valence-corrected chi connectivity index (χ4v) is 1.75. The van der Waals surface area contributed by atoms with Crippen LogP contribution in [-0.2, 0) is 0 Å². The number of nitrogens with two attached hydrogens (primary N) is 1. The topological polar surface area (TPSA) is 47.3 Å². The number of nitrogens with one attached hydrogen (secondary N) is 1. The summed E-state index contributed by atoms with van der Waals surface area (Å²) in [5.41, 5.74) is 7.80. The normalized spacial score (nSPS) is 14.0. The molecule has 1 rings (SSSR count). The third kappa shape index (κ3) is 3.83. The molecule has 0 heterocycles. The fourth-order valence-electron chi connectivity index (χ4n) is 1.75. The van der Waals surface area contributed by atoms with E-state index >= 15 is 0 Å². The summed E-state index contributed by atoms with van der Waals surface area (Å²) in [4.78, 5) is 0. The molecular formula is C15H26N2O. The van der Waals surface area contributed by atoms with Gasteiger partial charge < -0.3 is 15.8 Å². The van der Waals surface area contributed by atoms with E-state index < -0.39 is 0 Å². The van der Waals surface area contributed by atoms with Crippen molar-refractivity contribution in [2.24, 2.45) is 5.92 Å². The molecule has 2 unspecified atom stereocenters. The van der Waals surface area contributed by atoms with Gasteiger partial charge in [-0.25, -0.2) is 0 Å². The molecule has 3 nitrogen and oxygen atoms in total. The minimum absolute atomic E-state index is 0.402. The first-order chi connectivity index (χ1) is 8.60. The van der Waals surface area contributed by atoms with Crippen LogP contribution in [0, 0.1) is 5.92 Å². The number of benzene rings is 1. The van der Waals surface area contributed by atoms with Crippen molar-refractivity contribution >= 4 is 11.4 Å². The van der Waals surface area contributed by atoms with Crippen molar-refractivity contribution in [3.05, 3.63) is 18.2 Å². The van der Waals surface area contributed by atoms with Crippen LogP contribution >= 0.6 is 0 Å². The highest BCUT2D eigenvalue weighted by Gasteiger charge is 2.12. The first-order valence-corrected chi connectivity index (χ1v) is 6.87. The highest BCUT2D eigenvalue weighted by atomic mass is 16.5. The Morgan fingerprint density at radius 2 is 2.00 bits per heavy atom. The lowest BCUT2D eigenvalue weighted by molar-refractivity contribution is 0.319. The molecule has 0 fully saturated rings. The third-order valence-corrected chi connectivity index (χ3v) is 3.41. The second-order valence-electron chi connectivity index (χ2n) is 4.88. The standard InChI is InChI=1S/C15H26N2O/c1-5-10-18-14-9-7-8-13(15(14)16)17-12(4)11(3)6-2/h7-9,11-12,17H,5-6,10,16H2,1-4H3. The van der Waals surface area contributed by atoms with Crippen LogP contribution in [0.5, 0.6) is 5.75 Å². The molecule has 0 amide bonds. The van der Waals surface area contributed by atoms with Crippen molar-refractivity contribution < 1.29 is 4.74 Å². The van der Waals surface area contributed by atoms with E-state index in [9.17, 15) is 0 Å². The maximum Gasteiger partial charge on any atom is 0.144 e. The van der Waals surface area contributed by atoms with Gasteiger partial charge in [0.1, 0.15) is 5.75 Å². The van der Waals surface area contributed by atoms with Crippen LogP contribution in [0.3, 0.4) is 0 Å². The molecule has 0 spiro atoms. The number of nitrogen functional groups attached to an aromatic ring is 1. The van der Waals surface area contributed by atoms with Crippen molar-refractivity contribution in [2.75, 3.05) is 17.7 Å². The number of ether oxygens (including phenoxy) is 1. The molecule has 0 radical (unpaired) electrons. The van der Waals surface area contributed by atoms with E-state index in [4.69, 9.17) is 10.5 Å². The van der Waals surface area contributed by atoms with Crippen molar-refractivity contribution in [2.45, 2.75) is 46.6 Å². The van der Waals surface area contributed by atoms with Crippen molar-refractivity contribution in [3.8, 4) is 5.75 Å². The molecular weight excluding hydrogens is 224 g/mol. The lowest BCUT2D eigenvalue weighted by Gasteiger charge is -2.22. The predicted octanol–water partition coefficient (Wildman–Crippen LogP) is 3.90. The van der Waals surface area contributed by atoms with Crippen LogP contribution in [0.2, 0.25) is 0 Å². The van der Waals surface area contributed by atoms with Crippen molar-refractivity contribution in [1.29, 1.82) is 0 Å². The molecule has 0 aliphatic heterocycles. The molecule has 0 aromatic heterocycles. The van der Waals surface area contributed by atoms with E-state index in [-0.39, 0.29) is 0 Å². The van der Waals surface area contributed by atoms with E-state index in [1.807, 2.05) is 18.2 Å². The molecule has 102 valence electrons. The van der Waals surface area contributed by atoms with Gasteiger partial charge in [-0.1, -0.05) is 33.3 Å². The highest BCUT2D eigenvalue weighted by molar-refractivity contribution is 5.73. The van der Waals surface area contributed by atoms with Gasteiger partial charge in [0.05, 0.1) is 18.0 Å². The highest BCUT2D eigenvalue weighted by Crippen LogP contribution is 2.30. The molecule has 0 saturated carbocycles. The summed E-state index contributed by atoms with van der Waals surface area (Å²) in [5.74, 6) is 1.39. The first-order valence-electron chi connectivity index (χ1n) is 6.87. The second kappa shape index (κ2) is 7.14. The summed E-state index contributed by atoms with van der Waals surface area (Å²) in [6, 6.07) is 6.31. The van der Waals surface area contributed by atoms with Crippen molar-refractivity contribution in [1.82, 2.24) is 0 Å². The minimum atomic E-state index is 0.402. The summed E-state index contributed by atoms with van der Waals surface area (Å²) in [7, 11) is 0. The average molecular weight is 250 g/mol. The first kappa shape index (κ1) is 14.7. The smallest absolute Gasteiger partial charge is 0.144 e. The SMILES string of the molecule is CCCOc1cccc(NC(C)C(C)CC)c1N. The zero-order chi connectivity index (χ0) is 13.5. The lowest BCUT2D eigenvalue weighted by atomic mass is 10.0. The number of rotatable bonds is 7. The monoisotopic (exact) mass is 250 g/mol. The van der Waals surface area contributed by atoms with Gasteiger partial charge in [0.25, 0.3) is 0 Å². The number of para-hydroxylation sites is 1. The lowest BCUT2D eigenvalue weighted by Crippen LogP contribution is -2.23. The summed E-state index contributed by atoms with van der Waals surface area (Å²) in [6.45, 7) is 9.42. The maximum atomic E-state index is 6.13. The van der Waals surface area contributed by atoms with Crippen molar-refractivity contribution in [3.63, 3.8) is 0 Å². The van der Waals surface area contributed by atoms with Gasteiger partial charge in [-0.3, -0.25) is 0 Å². The van der Waals surface area contributed by atoms with Gasteiger partial charge in [0.15, 0.2) is 0 Å². The fraction of sp³-hybridized carbons (Fsp3) is 0.600. The molecule has 3 heteroatoms. The molecule has 1 aromatic carbocycles. The van der Waals surface area contributed by atoms with Gasteiger partial charge >= 0.3 is 0 Å². The van der Waals surface area contributed by atoms with E-state index in [1.165, 1.54) is 0 Å². The Morgan fingerprint density at radius 1 is 1.28 bits per heavy atom. The average Bonchev–Trinajstić information content (AvgIpc) is 2.38. The van der Waals surface area contributed by atoms with Gasteiger partial charge in [0.2, 0.25) is 0 Å². The van der Waals surface area contributed by atoms with Gasteiger partial charge in [-0.15, -0.1) is 0 Å². The number of anilines is 2. The van der Waals surface area contributed by atoms with Gasteiger partial charge in [0, 0.05) is 6.04 Å². The molecule has 0 aliphatic rings. The maximum absolute atomic E-state index is 6.13. The van der Waals surface area contributed by atoms with Crippen LogP contribution in [0.25, 0.3) is 0 Å². The summed E-state index contributed by atoms with van der Waals surface area (Å²) < 4.78 is 5.63. The molecule has 1 aromatic rings. The third-order valence-electron chi connectivity index (χ3n) is 3.41. The Labute approximate surface area is 111 Å². The Balaban J connectivity index is 2.77. The second-order valence-corrected chi connectivity index (χ2v) is 4.88. The van der Waals surface area contributed by atoms with E-state index in [0.717, 1.165) is 24.3 Å². The zero-order valence-electron chi connectivity index (χ0n) is 12.0. The minimum Gasteiger partial charge on any atom is -0.491 e. The largest absolute Gasteiger partial charge is 0.491 e. The Morgan fingerprint density at radius 3 is 2.61 bits per heavy atom. The molecule has 0 bridgehead atoms. The molecule has 2 atom stereocenters. The van der Waals surface area contributed by atoms with Gasteiger partial charge in [-0.05, 0) is 31.4 Å². The van der Waals surface area contributed by atoms with Crippen LogP contribution in [0.4, 0.5) is 11.4 Å². The molecule has 0 aliphatic carbocycles. The van der Waals surface area contributed by atoms with E-state index in [1.54, 1.807) is 0 Å². The van der Waals surface area contributed by atoms with Gasteiger partial charge in [-0.2, -0.15) is 0 Å². The van der Waals surface area contributed by atoms with Crippen LogP contribution in [0.15, 0.2) is 18.2 Å². The van der Waals surface area contributed by atoms with E-state index in [2.05, 4.69) is 33.0 Å². The quantitative estimate of drug-likeness (QED) is 0.721.